The van der Waals surface area contributed by atoms with Gasteiger partial charge in [-0.2, -0.15) is 4.31 Å². The van der Waals surface area contributed by atoms with Crippen molar-refractivity contribution in [3.8, 4) is 0 Å². The highest BCUT2D eigenvalue weighted by molar-refractivity contribution is 7.89. The Labute approximate surface area is 161 Å². The minimum Gasteiger partial charge on any atom is -0.481 e. The number of sulfonamides is 1. The van der Waals surface area contributed by atoms with Crippen LogP contribution in [0.25, 0.3) is 0 Å². The van der Waals surface area contributed by atoms with Gasteiger partial charge in [0.15, 0.2) is 0 Å². The number of rotatable bonds is 9. The smallest absolute Gasteiger partial charge is 0.308 e. The standard InChI is InChI=1S/C19H28N2O5S/c1-5-20(6-2)27(25,26)17-11-15(8-7-13(17)3)18(22)21(16-9-10-16)12-14(4)19(23)24/h7-8,11,14,16H,5-6,9-10,12H2,1-4H3,(H,23,24). The molecule has 8 heteroatoms. The Morgan fingerprint density at radius 1 is 1.22 bits per heavy atom. The molecule has 1 atom stereocenters. The van der Waals surface area contributed by atoms with E-state index in [0.29, 0.717) is 18.7 Å². The van der Waals surface area contributed by atoms with Crippen LogP contribution in [0.4, 0.5) is 0 Å². The SMILES string of the molecule is CCN(CC)S(=O)(=O)c1cc(C(=O)N(CC(C)C(=O)O)C2CC2)ccc1C. The second-order valence-corrected chi connectivity index (χ2v) is 8.90. The minimum atomic E-state index is -3.69. The lowest BCUT2D eigenvalue weighted by Crippen LogP contribution is -2.38. The number of carbonyl (C=O) groups is 2. The lowest BCUT2D eigenvalue weighted by Gasteiger charge is -2.25. The van der Waals surface area contributed by atoms with Gasteiger partial charge in [-0.3, -0.25) is 9.59 Å². The van der Waals surface area contributed by atoms with Crippen LogP contribution in [0.2, 0.25) is 0 Å². The summed E-state index contributed by atoms with van der Waals surface area (Å²) in [6, 6.07) is 4.70. The van der Waals surface area contributed by atoms with Crippen molar-refractivity contribution in [3.63, 3.8) is 0 Å². The summed E-state index contributed by atoms with van der Waals surface area (Å²) in [5, 5.41) is 9.17. The maximum absolute atomic E-state index is 13.0. The van der Waals surface area contributed by atoms with E-state index >= 15 is 0 Å². The van der Waals surface area contributed by atoms with Crippen LogP contribution in [0.1, 0.15) is 49.5 Å². The summed E-state index contributed by atoms with van der Waals surface area (Å²) in [6.07, 6.45) is 1.68. The molecule has 0 saturated heterocycles. The van der Waals surface area contributed by atoms with E-state index in [1.54, 1.807) is 44.7 Å². The molecule has 1 aromatic rings. The number of carboxylic acid groups (broad SMARTS) is 1. The van der Waals surface area contributed by atoms with Crippen LogP contribution in [0.3, 0.4) is 0 Å². The van der Waals surface area contributed by atoms with Crippen LogP contribution in [0.15, 0.2) is 23.1 Å². The number of hydrogen-bond acceptors (Lipinski definition) is 4. The van der Waals surface area contributed by atoms with Crippen LogP contribution in [0, 0.1) is 12.8 Å². The average molecular weight is 397 g/mol. The first-order valence-corrected chi connectivity index (χ1v) is 10.7. The van der Waals surface area contributed by atoms with E-state index in [1.807, 2.05) is 0 Å². The van der Waals surface area contributed by atoms with E-state index < -0.39 is 21.9 Å². The molecular formula is C19H28N2O5S. The fraction of sp³-hybridized carbons (Fsp3) is 0.579. The van der Waals surface area contributed by atoms with Gasteiger partial charge in [0.05, 0.1) is 10.8 Å². The number of benzene rings is 1. The van der Waals surface area contributed by atoms with Crippen molar-refractivity contribution in [1.82, 2.24) is 9.21 Å². The molecular weight excluding hydrogens is 368 g/mol. The van der Waals surface area contributed by atoms with Crippen molar-refractivity contribution in [1.29, 1.82) is 0 Å². The molecule has 0 aliphatic heterocycles. The molecule has 1 fully saturated rings. The number of nitrogens with zero attached hydrogens (tertiary/aromatic N) is 2. The number of hydrogen-bond donors (Lipinski definition) is 1. The third-order valence-electron chi connectivity index (χ3n) is 4.90. The molecule has 1 saturated carbocycles. The van der Waals surface area contributed by atoms with Gasteiger partial charge < -0.3 is 10.0 Å². The second-order valence-electron chi connectivity index (χ2n) is 7.00. The zero-order valence-corrected chi connectivity index (χ0v) is 17.1. The van der Waals surface area contributed by atoms with Gasteiger partial charge in [-0.05, 0) is 37.5 Å². The molecule has 0 heterocycles. The van der Waals surface area contributed by atoms with E-state index in [9.17, 15) is 18.0 Å². The predicted molar refractivity (Wildman–Crippen MR) is 102 cm³/mol. The van der Waals surface area contributed by atoms with E-state index in [0.717, 1.165) is 12.8 Å². The molecule has 7 nitrogen and oxygen atoms in total. The highest BCUT2D eigenvalue weighted by Crippen LogP contribution is 2.30. The van der Waals surface area contributed by atoms with Crippen molar-refractivity contribution in [2.75, 3.05) is 19.6 Å². The predicted octanol–water partition coefficient (Wildman–Crippen LogP) is 2.35. The van der Waals surface area contributed by atoms with Crippen molar-refractivity contribution >= 4 is 21.9 Å². The third-order valence-corrected chi connectivity index (χ3v) is 7.09. The monoisotopic (exact) mass is 396 g/mol. The number of aryl methyl sites for hydroxylation is 1. The molecule has 0 radical (unpaired) electrons. The van der Waals surface area contributed by atoms with Crippen LogP contribution >= 0.6 is 0 Å². The zero-order chi connectivity index (χ0) is 20.4. The maximum Gasteiger partial charge on any atom is 0.308 e. The van der Waals surface area contributed by atoms with Gasteiger partial charge in [-0.1, -0.05) is 26.8 Å². The molecule has 150 valence electrons. The number of carbonyl (C=O) groups excluding carboxylic acids is 1. The largest absolute Gasteiger partial charge is 0.481 e. The lowest BCUT2D eigenvalue weighted by molar-refractivity contribution is -0.141. The van der Waals surface area contributed by atoms with E-state index in [4.69, 9.17) is 5.11 Å². The molecule has 2 rings (SSSR count). The van der Waals surface area contributed by atoms with Gasteiger partial charge in [-0.15, -0.1) is 0 Å². The summed E-state index contributed by atoms with van der Waals surface area (Å²) in [7, 11) is -3.69. The van der Waals surface area contributed by atoms with Gasteiger partial charge in [0.25, 0.3) is 5.91 Å². The Morgan fingerprint density at radius 2 is 1.81 bits per heavy atom. The molecule has 0 spiro atoms. The molecule has 1 unspecified atom stereocenters. The van der Waals surface area contributed by atoms with Crippen LogP contribution in [-0.4, -0.2) is 60.3 Å². The summed E-state index contributed by atoms with van der Waals surface area (Å²) in [4.78, 5) is 25.9. The highest BCUT2D eigenvalue weighted by Gasteiger charge is 2.35. The van der Waals surface area contributed by atoms with Gasteiger partial charge in [0.1, 0.15) is 0 Å². The van der Waals surface area contributed by atoms with Crippen LogP contribution < -0.4 is 0 Å². The van der Waals surface area contributed by atoms with E-state index in [1.165, 1.54) is 10.4 Å². The molecule has 0 bridgehead atoms. The van der Waals surface area contributed by atoms with Crippen LogP contribution in [0.5, 0.6) is 0 Å². The Kier molecular flexibility index (Phi) is 6.64. The first-order chi connectivity index (χ1) is 12.6. The third kappa shape index (κ3) is 4.68. The van der Waals surface area contributed by atoms with E-state index in [-0.39, 0.29) is 29.0 Å². The first kappa shape index (κ1) is 21.4. The van der Waals surface area contributed by atoms with E-state index in [2.05, 4.69) is 0 Å². The van der Waals surface area contributed by atoms with Gasteiger partial charge in [0.2, 0.25) is 10.0 Å². The zero-order valence-electron chi connectivity index (χ0n) is 16.3. The summed E-state index contributed by atoms with van der Waals surface area (Å²) in [5.74, 6) is -1.96. The summed E-state index contributed by atoms with van der Waals surface area (Å²) < 4.78 is 27.1. The Hall–Kier alpha value is -1.93. The molecule has 0 aromatic heterocycles. The number of aliphatic carboxylic acids is 1. The maximum atomic E-state index is 13.0. The highest BCUT2D eigenvalue weighted by atomic mass is 32.2. The molecule has 1 N–H and O–H groups in total. The van der Waals surface area contributed by atoms with Crippen molar-refractivity contribution in [2.24, 2.45) is 5.92 Å². The summed E-state index contributed by atoms with van der Waals surface area (Å²) >= 11 is 0. The fourth-order valence-corrected chi connectivity index (χ4v) is 4.75. The van der Waals surface area contributed by atoms with Crippen molar-refractivity contribution in [2.45, 2.75) is 51.5 Å². The Morgan fingerprint density at radius 3 is 2.30 bits per heavy atom. The quantitative estimate of drug-likeness (QED) is 0.691. The average Bonchev–Trinajstić information content (AvgIpc) is 3.44. The van der Waals surface area contributed by atoms with Gasteiger partial charge in [0, 0.05) is 31.2 Å². The molecule has 1 aliphatic carbocycles. The fourth-order valence-electron chi connectivity index (χ4n) is 3.04. The minimum absolute atomic E-state index is 0.0310. The topological polar surface area (TPSA) is 95.0 Å². The van der Waals surface area contributed by atoms with Gasteiger partial charge >= 0.3 is 5.97 Å². The normalized spacial score (nSPS) is 15.6. The summed E-state index contributed by atoms with van der Waals surface area (Å²) in [5.41, 5.74) is 0.853. The number of carboxylic acids is 1. The number of amides is 1. The lowest BCUT2D eigenvalue weighted by atomic mass is 10.1. The van der Waals surface area contributed by atoms with Crippen LogP contribution in [-0.2, 0) is 14.8 Å². The molecule has 27 heavy (non-hydrogen) atoms. The first-order valence-electron chi connectivity index (χ1n) is 9.28. The Bertz CT molecular complexity index is 813. The molecule has 1 amide bonds. The Balaban J connectivity index is 2.38. The summed E-state index contributed by atoms with van der Waals surface area (Å²) in [6.45, 7) is 7.62. The van der Waals surface area contributed by atoms with Gasteiger partial charge in [-0.25, -0.2) is 8.42 Å². The van der Waals surface area contributed by atoms with Crippen molar-refractivity contribution < 1.29 is 23.1 Å². The molecule has 1 aliphatic rings. The van der Waals surface area contributed by atoms with Crippen molar-refractivity contribution in [3.05, 3.63) is 29.3 Å². The molecule has 1 aromatic carbocycles. The second kappa shape index (κ2) is 8.39.